The Hall–Kier alpha value is -1.44. The fourth-order valence-corrected chi connectivity index (χ4v) is 2.81. The molecule has 116 valence electrons. The summed E-state index contributed by atoms with van der Waals surface area (Å²) in [6.45, 7) is 3.30. The number of carbonyl (C=O) groups excluding carboxylic acids is 1. The summed E-state index contributed by atoms with van der Waals surface area (Å²) in [7, 11) is -3.30. The van der Waals surface area contributed by atoms with Crippen molar-refractivity contribution < 1.29 is 17.9 Å². The van der Waals surface area contributed by atoms with Crippen LogP contribution >= 0.6 is 0 Å². The minimum absolute atomic E-state index is 0.119. The summed E-state index contributed by atoms with van der Waals surface area (Å²) in [6.07, 6.45) is 1.40. The van der Waals surface area contributed by atoms with E-state index >= 15 is 0 Å². The zero-order valence-electron chi connectivity index (χ0n) is 12.0. The van der Waals surface area contributed by atoms with Gasteiger partial charge < -0.3 is 4.74 Å². The van der Waals surface area contributed by atoms with Gasteiger partial charge in [-0.3, -0.25) is 14.4 Å². The first-order valence-electron chi connectivity index (χ1n) is 6.81. The molecule has 0 spiro atoms. The third-order valence-corrected chi connectivity index (χ3v) is 3.74. The maximum absolute atomic E-state index is 12.1. The molecule has 21 heavy (non-hydrogen) atoms. The number of ether oxygens (including phenoxy) is 1. The minimum atomic E-state index is -3.30. The van der Waals surface area contributed by atoms with Crippen LogP contribution in [0.2, 0.25) is 0 Å². The fourth-order valence-electron chi connectivity index (χ4n) is 2.25. The van der Waals surface area contributed by atoms with Gasteiger partial charge in [-0.25, -0.2) is 8.42 Å². The average Bonchev–Trinajstić information content (AvgIpc) is 2.38. The summed E-state index contributed by atoms with van der Waals surface area (Å²) in [5.41, 5.74) is 1.29. The number of anilines is 1. The van der Waals surface area contributed by atoms with E-state index in [1.807, 2.05) is 6.07 Å². The van der Waals surface area contributed by atoms with E-state index in [0.29, 0.717) is 31.9 Å². The van der Waals surface area contributed by atoms with Gasteiger partial charge in [0.15, 0.2) is 5.78 Å². The minimum Gasteiger partial charge on any atom is -0.379 e. The summed E-state index contributed by atoms with van der Waals surface area (Å²) in [5.74, 6) is 0.119. The van der Waals surface area contributed by atoms with Crippen LogP contribution in [0.4, 0.5) is 5.69 Å². The summed E-state index contributed by atoms with van der Waals surface area (Å²) >= 11 is 0. The van der Waals surface area contributed by atoms with Crippen molar-refractivity contribution in [3.8, 4) is 0 Å². The lowest BCUT2D eigenvalue weighted by atomic mass is 10.1. The Kier molecular flexibility index (Phi) is 5.33. The van der Waals surface area contributed by atoms with Crippen molar-refractivity contribution in [1.82, 2.24) is 4.90 Å². The zero-order chi connectivity index (χ0) is 15.3. The molecule has 1 N–H and O–H groups in total. The summed E-state index contributed by atoms with van der Waals surface area (Å²) in [6, 6.07) is 6.92. The van der Waals surface area contributed by atoms with Gasteiger partial charge in [-0.15, -0.1) is 0 Å². The quantitative estimate of drug-likeness (QED) is 0.828. The predicted molar refractivity (Wildman–Crippen MR) is 80.9 cm³/mol. The third-order valence-electron chi connectivity index (χ3n) is 3.14. The van der Waals surface area contributed by atoms with E-state index in [1.54, 1.807) is 18.2 Å². The molecule has 1 heterocycles. The number of nitrogens with zero attached hydrogens (tertiary/aromatic N) is 1. The Labute approximate surface area is 125 Å². The van der Waals surface area contributed by atoms with Crippen molar-refractivity contribution in [1.29, 1.82) is 0 Å². The molecule has 0 aromatic heterocycles. The van der Waals surface area contributed by atoms with Crippen molar-refractivity contribution in [3.63, 3.8) is 0 Å². The van der Waals surface area contributed by atoms with Gasteiger partial charge in [0.2, 0.25) is 10.0 Å². The number of carbonyl (C=O) groups is 1. The molecule has 0 unspecified atom stereocenters. The normalized spacial score (nSPS) is 16.6. The summed E-state index contributed by atoms with van der Waals surface area (Å²) in [5, 5.41) is 0. The molecule has 2 rings (SSSR count). The standard InChI is InChI=1S/C14H20N2O4S/c1-21(18,19)15-13-4-2-3-12(9-13)10-14(17)11-16-5-7-20-8-6-16/h2-4,9,15H,5-8,10-11H2,1H3. The van der Waals surface area contributed by atoms with E-state index in [2.05, 4.69) is 9.62 Å². The van der Waals surface area contributed by atoms with E-state index in [-0.39, 0.29) is 5.78 Å². The fraction of sp³-hybridized carbons (Fsp3) is 0.500. The number of benzene rings is 1. The Morgan fingerprint density at radius 3 is 2.71 bits per heavy atom. The SMILES string of the molecule is CS(=O)(=O)Nc1cccc(CC(=O)CN2CCOCC2)c1. The number of sulfonamides is 1. The van der Waals surface area contributed by atoms with E-state index in [1.165, 1.54) is 0 Å². The number of Topliss-reactive ketones (excluding diaryl/α,β-unsaturated/α-hetero) is 1. The monoisotopic (exact) mass is 312 g/mol. The lowest BCUT2D eigenvalue weighted by Gasteiger charge is -2.25. The van der Waals surface area contributed by atoms with Crippen LogP contribution in [0, 0.1) is 0 Å². The Bertz CT molecular complexity index is 595. The highest BCUT2D eigenvalue weighted by Crippen LogP contribution is 2.13. The van der Waals surface area contributed by atoms with Crippen LogP contribution in [0.25, 0.3) is 0 Å². The highest BCUT2D eigenvalue weighted by molar-refractivity contribution is 7.92. The first-order valence-corrected chi connectivity index (χ1v) is 8.70. The summed E-state index contributed by atoms with van der Waals surface area (Å²) in [4.78, 5) is 14.1. The van der Waals surface area contributed by atoms with Crippen LogP contribution < -0.4 is 4.72 Å². The average molecular weight is 312 g/mol. The second-order valence-corrected chi connectivity index (χ2v) is 6.93. The molecule has 0 aliphatic carbocycles. The molecule has 7 heteroatoms. The van der Waals surface area contributed by atoms with E-state index in [4.69, 9.17) is 4.74 Å². The topological polar surface area (TPSA) is 75.7 Å². The Morgan fingerprint density at radius 2 is 2.05 bits per heavy atom. The van der Waals surface area contributed by atoms with Crippen LogP contribution in [0.5, 0.6) is 0 Å². The summed E-state index contributed by atoms with van der Waals surface area (Å²) < 4.78 is 30.1. The highest BCUT2D eigenvalue weighted by Gasteiger charge is 2.14. The van der Waals surface area contributed by atoms with Crippen molar-refractivity contribution in [2.45, 2.75) is 6.42 Å². The third kappa shape index (κ3) is 5.82. The lowest BCUT2D eigenvalue weighted by molar-refractivity contribution is -0.120. The Balaban J connectivity index is 1.92. The molecule has 1 aromatic carbocycles. The first kappa shape index (κ1) is 15.9. The molecular formula is C14H20N2O4S. The second kappa shape index (κ2) is 7.02. The van der Waals surface area contributed by atoms with E-state index in [9.17, 15) is 13.2 Å². The van der Waals surface area contributed by atoms with Gasteiger partial charge in [-0.2, -0.15) is 0 Å². The number of hydrogen-bond acceptors (Lipinski definition) is 5. The van der Waals surface area contributed by atoms with Crippen LogP contribution in [-0.2, 0) is 26.0 Å². The van der Waals surface area contributed by atoms with Crippen LogP contribution in [0.1, 0.15) is 5.56 Å². The molecule has 0 bridgehead atoms. The molecule has 0 radical (unpaired) electrons. The lowest BCUT2D eigenvalue weighted by Crippen LogP contribution is -2.39. The molecule has 6 nitrogen and oxygen atoms in total. The molecule has 1 aliphatic rings. The first-order chi connectivity index (χ1) is 9.92. The van der Waals surface area contributed by atoms with Crippen LogP contribution in [-0.4, -0.2) is 58.2 Å². The molecular weight excluding hydrogens is 292 g/mol. The number of rotatable bonds is 6. The number of hydrogen-bond donors (Lipinski definition) is 1. The van der Waals surface area contributed by atoms with Gasteiger partial charge in [-0.1, -0.05) is 12.1 Å². The van der Waals surface area contributed by atoms with Crippen molar-refractivity contribution in [2.24, 2.45) is 0 Å². The van der Waals surface area contributed by atoms with Crippen molar-refractivity contribution >= 4 is 21.5 Å². The van der Waals surface area contributed by atoms with Gasteiger partial charge in [0.05, 0.1) is 26.0 Å². The molecule has 1 fully saturated rings. The number of morpholine rings is 1. The maximum atomic E-state index is 12.1. The molecule has 0 amide bonds. The molecule has 1 aliphatic heterocycles. The molecule has 1 aromatic rings. The van der Waals surface area contributed by atoms with Gasteiger partial charge in [0.1, 0.15) is 0 Å². The molecule has 0 saturated carbocycles. The van der Waals surface area contributed by atoms with Gasteiger partial charge in [0.25, 0.3) is 0 Å². The molecule has 1 saturated heterocycles. The van der Waals surface area contributed by atoms with Crippen LogP contribution in [0.3, 0.4) is 0 Å². The van der Waals surface area contributed by atoms with Crippen LogP contribution in [0.15, 0.2) is 24.3 Å². The molecule has 0 atom stereocenters. The van der Waals surface area contributed by atoms with E-state index < -0.39 is 10.0 Å². The van der Waals surface area contributed by atoms with Crippen molar-refractivity contribution in [3.05, 3.63) is 29.8 Å². The van der Waals surface area contributed by atoms with Crippen molar-refractivity contribution in [2.75, 3.05) is 43.8 Å². The second-order valence-electron chi connectivity index (χ2n) is 5.18. The largest absolute Gasteiger partial charge is 0.379 e. The number of ketones is 1. The Morgan fingerprint density at radius 1 is 1.33 bits per heavy atom. The smallest absolute Gasteiger partial charge is 0.229 e. The number of nitrogens with one attached hydrogen (secondary N) is 1. The zero-order valence-corrected chi connectivity index (χ0v) is 12.9. The maximum Gasteiger partial charge on any atom is 0.229 e. The van der Waals surface area contributed by atoms with E-state index in [0.717, 1.165) is 24.9 Å². The predicted octanol–water partition coefficient (Wildman–Crippen LogP) is 0.502. The van der Waals surface area contributed by atoms with Gasteiger partial charge in [0, 0.05) is 25.2 Å². The van der Waals surface area contributed by atoms with Gasteiger partial charge in [-0.05, 0) is 17.7 Å². The van der Waals surface area contributed by atoms with Gasteiger partial charge >= 0.3 is 0 Å². The highest BCUT2D eigenvalue weighted by atomic mass is 32.2.